The molecule has 0 N–H and O–H groups in total. The summed E-state index contributed by atoms with van der Waals surface area (Å²) >= 11 is 0. The van der Waals surface area contributed by atoms with Crippen LogP contribution in [0.1, 0.15) is 12.0 Å². The van der Waals surface area contributed by atoms with Crippen molar-refractivity contribution < 1.29 is 19.1 Å². The Morgan fingerprint density at radius 1 is 1.19 bits per heavy atom. The molecule has 0 radical (unpaired) electrons. The third kappa shape index (κ3) is 3.78. The summed E-state index contributed by atoms with van der Waals surface area (Å²) in [5.41, 5.74) is 1.85. The van der Waals surface area contributed by atoms with Crippen molar-refractivity contribution in [2.45, 2.75) is 12.8 Å². The minimum absolute atomic E-state index is 0.00818. The van der Waals surface area contributed by atoms with Crippen LogP contribution < -0.4 is 0 Å². The Bertz CT molecular complexity index is 654. The van der Waals surface area contributed by atoms with Crippen molar-refractivity contribution in [1.82, 2.24) is 4.98 Å². The number of pyridine rings is 1. The summed E-state index contributed by atoms with van der Waals surface area (Å²) in [6.45, 7) is 0. The van der Waals surface area contributed by atoms with Gasteiger partial charge in [0.1, 0.15) is 0 Å². The smallest absolute Gasteiger partial charge is 0.309 e. The maximum Gasteiger partial charge on any atom is 0.309 e. The SMILES string of the molecule is COC(=O)CC(Cc1ccc2ncccc2c1)C(=O)OC. The second-order valence-electron chi connectivity index (χ2n) is 4.73. The van der Waals surface area contributed by atoms with Crippen molar-refractivity contribution in [2.75, 3.05) is 14.2 Å². The standard InChI is InChI=1S/C16H17NO4/c1-20-15(18)10-13(16(19)21-2)9-11-5-6-14-12(8-11)4-3-7-17-14/h3-8,13H,9-10H2,1-2H3. The Kier molecular flexibility index (Phi) is 4.87. The first-order valence-electron chi connectivity index (χ1n) is 6.62. The second-order valence-corrected chi connectivity index (χ2v) is 4.73. The van der Waals surface area contributed by atoms with Gasteiger partial charge in [0.25, 0.3) is 0 Å². The molecule has 0 spiro atoms. The highest BCUT2D eigenvalue weighted by molar-refractivity contribution is 5.81. The van der Waals surface area contributed by atoms with Crippen LogP contribution in [-0.2, 0) is 25.5 Å². The number of methoxy groups -OCH3 is 2. The second kappa shape index (κ2) is 6.83. The average Bonchev–Trinajstić information content (AvgIpc) is 2.53. The van der Waals surface area contributed by atoms with Crippen LogP contribution in [0.2, 0.25) is 0 Å². The van der Waals surface area contributed by atoms with Crippen molar-refractivity contribution in [3.05, 3.63) is 42.1 Å². The van der Waals surface area contributed by atoms with E-state index in [1.807, 2.05) is 30.3 Å². The van der Waals surface area contributed by atoms with Crippen LogP contribution in [0, 0.1) is 5.92 Å². The third-order valence-corrected chi connectivity index (χ3v) is 3.32. The van der Waals surface area contributed by atoms with Crippen molar-refractivity contribution in [3.8, 4) is 0 Å². The number of hydrogen-bond acceptors (Lipinski definition) is 5. The zero-order valence-electron chi connectivity index (χ0n) is 12.0. The van der Waals surface area contributed by atoms with Gasteiger partial charge in [0, 0.05) is 11.6 Å². The summed E-state index contributed by atoms with van der Waals surface area (Å²) in [7, 11) is 2.62. The zero-order valence-corrected chi connectivity index (χ0v) is 12.0. The van der Waals surface area contributed by atoms with Crippen molar-refractivity contribution in [3.63, 3.8) is 0 Å². The molecule has 0 aliphatic carbocycles. The first-order chi connectivity index (χ1) is 10.1. The molecule has 0 saturated heterocycles. The van der Waals surface area contributed by atoms with E-state index < -0.39 is 17.9 Å². The highest BCUT2D eigenvalue weighted by atomic mass is 16.5. The van der Waals surface area contributed by atoms with E-state index in [9.17, 15) is 9.59 Å². The van der Waals surface area contributed by atoms with Gasteiger partial charge in [-0.2, -0.15) is 0 Å². The van der Waals surface area contributed by atoms with E-state index in [0.717, 1.165) is 16.5 Å². The van der Waals surface area contributed by atoms with Gasteiger partial charge in [-0.05, 0) is 30.2 Å². The van der Waals surface area contributed by atoms with Crippen molar-refractivity contribution in [1.29, 1.82) is 0 Å². The molecule has 2 aromatic rings. The van der Waals surface area contributed by atoms with Crippen LogP contribution in [0.4, 0.5) is 0 Å². The lowest BCUT2D eigenvalue weighted by Gasteiger charge is -2.13. The number of esters is 2. The number of benzene rings is 1. The first-order valence-corrected chi connectivity index (χ1v) is 6.62. The predicted octanol–water partition coefficient (Wildman–Crippen LogP) is 2.13. The summed E-state index contributed by atoms with van der Waals surface area (Å²) < 4.78 is 9.38. The molecular formula is C16H17NO4. The molecule has 1 atom stereocenters. The minimum atomic E-state index is -0.545. The monoisotopic (exact) mass is 287 g/mol. The minimum Gasteiger partial charge on any atom is -0.469 e. The fourth-order valence-corrected chi connectivity index (χ4v) is 2.23. The summed E-state index contributed by atoms with van der Waals surface area (Å²) in [5, 5.41) is 0.997. The fourth-order valence-electron chi connectivity index (χ4n) is 2.23. The Labute approximate surface area is 122 Å². The normalized spacial score (nSPS) is 11.9. The summed E-state index contributed by atoms with van der Waals surface area (Å²) in [5.74, 6) is -1.38. The quantitative estimate of drug-likeness (QED) is 0.788. The molecule has 0 amide bonds. The maximum absolute atomic E-state index is 11.8. The highest BCUT2D eigenvalue weighted by Gasteiger charge is 2.23. The Balaban J connectivity index is 2.20. The lowest BCUT2D eigenvalue weighted by Crippen LogP contribution is -2.22. The molecular weight excluding hydrogens is 270 g/mol. The Hall–Kier alpha value is -2.43. The van der Waals surface area contributed by atoms with Crippen LogP contribution in [-0.4, -0.2) is 31.1 Å². The van der Waals surface area contributed by atoms with Crippen LogP contribution >= 0.6 is 0 Å². The van der Waals surface area contributed by atoms with E-state index in [1.54, 1.807) is 6.20 Å². The predicted molar refractivity (Wildman–Crippen MR) is 77.6 cm³/mol. The molecule has 1 aromatic carbocycles. The molecule has 110 valence electrons. The van der Waals surface area contributed by atoms with Gasteiger partial charge in [0.05, 0.1) is 32.1 Å². The van der Waals surface area contributed by atoms with Gasteiger partial charge in [0.2, 0.25) is 0 Å². The van der Waals surface area contributed by atoms with E-state index >= 15 is 0 Å². The molecule has 0 bridgehead atoms. The molecule has 1 unspecified atom stereocenters. The summed E-state index contributed by atoms with van der Waals surface area (Å²) in [6, 6.07) is 9.59. The lowest BCUT2D eigenvalue weighted by molar-refractivity contribution is -0.151. The molecule has 0 saturated carbocycles. The molecule has 1 heterocycles. The van der Waals surface area contributed by atoms with Crippen LogP contribution in [0.3, 0.4) is 0 Å². The molecule has 1 aromatic heterocycles. The van der Waals surface area contributed by atoms with Gasteiger partial charge in [-0.3, -0.25) is 14.6 Å². The molecule has 0 aliphatic heterocycles. The fraction of sp³-hybridized carbons (Fsp3) is 0.312. The third-order valence-electron chi connectivity index (χ3n) is 3.32. The average molecular weight is 287 g/mol. The molecule has 21 heavy (non-hydrogen) atoms. The van der Waals surface area contributed by atoms with Crippen LogP contribution in [0.15, 0.2) is 36.5 Å². The molecule has 5 nitrogen and oxygen atoms in total. The Morgan fingerprint density at radius 3 is 2.71 bits per heavy atom. The van der Waals surface area contributed by atoms with Crippen molar-refractivity contribution in [2.24, 2.45) is 5.92 Å². The van der Waals surface area contributed by atoms with Gasteiger partial charge in [-0.25, -0.2) is 0 Å². The van der Waals surface area contributed by atoms with Crippen LogP contribution in [0.5, 0.6) is 0 Å². The van der Waals surface area contributed by atoms with Gasteiger partial charge in [-0.1, -0.05) is 12.1 Å². The summed E-state index contributed by atoms with van der Waals surface area (Å²) in [6.07, 6.45) is 2.16. The van der Waals surface area contributed by atoms with Gasteiger partial charge < -0.3 is 9.47 Å². The summed E-state index contributed by atoms with van der Waals surface area (Å²) in [4.78, 5) is 27.4. The van der Waals surface area contributed by atoms with Crippen LogP contribution in [0.25, 0.3) is 10.9 Å². The number of aromatic nitrogens is 1. The van der Waals surface area contributed by atoms with Gasteiger partial charge >= 0.3 is 11.9 Å². The van der Waals surface area contributed by atoms with E-state index in [4.69, 9.17) is 4.74 Å². The van der Waals surface area contributed by atoms with E-state index in [1.165, 1.54) is 14.2 Å². The largest absolute Gasteiger partial charge is 0.469 e. The number of hydrogen-bond donors (Lipinski definition) is 0. The molecule has 5 heteroatoms. The molecule has 0 fully saturated rings. The Morgan fingerprint density at radius 2 is 2.00 bits per heavy atom. The van der Waals surface area contributed by atoms with Gasteiger partial charge in [-0.15, -0.1) is 0 Å². The number of rotatable bonds is 5. The molecule has 2 rings (SSSR count). The van der Waals surface area contributed by atoms with Gasteiger partial charge in [0.15, 0.2) is 0 Å². The number of nitrogens with zero attached hydrogens (tertiary/aromatic N) is 1. The molecule has 0 aliphatic rings. The highest BCUT2D eigenvalue weighted by Crippen LogP contribution is 2.19. The number of fused-ring (bicyclic) bond motifs is 1. The lowest BCUT2D eigenvalue weighted by atomic mass is 9.95. The topological polar surface area (TPSA) is 65.5 Å². The van der Waals surface area contributed by atoms with E-state index in [2.05, 4.69) is 9.72 Å². The van der Waals surface area contributed by atoms with E-state index in [-0.39, 0.29) is 6.42 Å². The zero-order chi connectivity index (χ0) is 15.2. The number of carbonyl (C=O) groups is 2. The number of carbonyl (C=O) groups excluding carboxylic acids is 2. The van der Waals surface area contributed by atoms with E-state index in [0.29, 0.717) is 6.42 Å². The maximum atomic E-state index is 11.8. The number of ether oxygens (including phenoxy) is 2. The first kappa shape index (κ1) is 15.0. The van der Waals surface area contributed by atoms with Crippen molar-refractivity contribution >= 4 is 22.8 Å².